The van der Waals surface area contributed by atoms with Crippen molar-refractivity contribution in [2.24, 2.45) is 4.99 Å². The van der Waals surface area contributed by atoms with E-state index < -0.39 is 0 Å². The Hall–Kier alpha value is -1.95. The van der Waals surface area contributed by atoms with Crippen LogP contribution in [0.2, 0.25) is 5.02 Å². The molecule has 140 valence electrons. The number of nitrogens with zero attached hydrogens (tertiary/aromatic N) is 1. The van der Waals surface area contributed by atoms with E-state index in [0.29, 0.717) is 17.5 Å². The lowest BCUT2D eigenvalue weighted by molar-refractivity contribution is -0.121. The van der Waals surface area contributed by atoms with Gasteiger partial charge in [0.05, 0.1) is 7.11 Å². The molecule has 0 unspecified atom stereocenters. The molecule has 6 nitrogen and oxygen atoms in total. The molecule has 0 heterocycles. The zero-order valence-electron chi connectivity index (χ0n) is 15.7. The second-order valence-electron chi connectivity index (χ2n) is 6.63. The fraction of sp³-hybridized carbons (Fsp3) is 0.556. The van der Waals surface area contributed by atoms with Crippen molar-refractivity contribution in [2.45, 2.75) is 39.7 Å². The molecule has 3 N–H and O–H groups in total. The number of nitrogens with one attached hydrogen (secondary N) is 3. The molecule has 25 heavy (non-hydrogen) atoms. The van der Waals surface area contributed by atoms with Gasteiger partial charge in [-0.05, 0) is 51.8 Å². The van der Waals surface area contributed by atoms with Crippen LogP contribution < -0.4 is 20.7 Å². The second kappa shape index (κ2) is 10.1. The summed E-state index contributed by atoms with van der Waals surface area (Å²) in [4.78, 5) is 16.2. The van der Waals surface area contributed by atoms with E-state index in [1.807, 2.05) is 39.8 Å². The van der Waals surface area contributed by atoms with Gasteiger partial charge >= 0.3 is 0 Å². The summed E-state index contributed by atoms with van der Waals surface area (Å²) in [5, 5.41) is 9.90. The molecule has 0 aliphatic carbocycles. The Morgan fingerprint density at radius 2 is 2.00 bits per heavy atom. The summed E-state index contributed by atoms with van der Waals surface area (Å²) in [6.45, 7) is 9.25. The van der Waals surface area contributed by atoms with Gasteiger partial charge in [0.1, 0.15) is 12.3 Å². The Bertz CT molecular complexity index is 597. The minimum atomic E-state index is -0.260. The Balaban J connectivity index is 2.55. The SMILES string of the molecule is CCNC(=NCC(=O)NC(C)(C)C)NCCc1ccc(OC)cc1Cl. The first kappa shape index (κ1) is 21.1. The number of ether oxygens (including phenoxy) is 1. The third-order valence-corrected chi connectivity index (χ3v) is 3.54. The molecule has 0 bridgehead atoms. The number of aliphatic imine (C=N–C) groups is 1. The van der Waals surface area contributed by atoms with Crippen molar-refractivity contribution in [1.82, 2.24) is 16.0 Å². The molecule has 0 atom stereocenters. The third-order valence-electron chi connectivity index (χ3n) is 3.19. The van der Waals surface area contributed by atoms with Gasteiger partial charge < -0.3 is 20.7 Å². The summed E-state index contributed by atoms with van der Waals surface area (Å²) in [7, 11) is 1.61. The van der Waals surface area contributed by atoms with Crippen LogP contribution in [-0.2, 0) is 11.2 Å². The van der Waals surface area contributed by atoms with Gasteiger partial charge in [0.2, 0.25) is 5.91 Å². The number of benzene rings is 1. The molecule has 7 heteroatoms. The van der Waals surface area contributed by atoms with Crippen LogP contribution in [-0.4, -0.2) is 44.1 Å². The number of carbonyl (C=O) groups excluding carboxylic acids is 1. The van der Waals surface area contributed by atoms with Crippen LogP contribution in [0.5, 0.6) is 5.75 Å². The number of rotatable bonds is 7. The summed E-state index contributed by atoms with van der Waals surface area (Å²) in [6.07, 6.45) is 0.738. The Kier molecular flexibility index (Phi) is 8.55. The molecule has 0 saturated heterocycles. The number of amides is 1. The molecular weight excluding hydrogens is 340 g/mol. The lowest BCUT2D eigenvalue weighted by atomic mass is 10.1. The average Bonchev–Trinajstić information content (AvgIpc) is 2.52. The van der Waals surface area contributed by atoms with Crippen LogP contribution in [0.3, 0.4) is 0 Å². The summed E-state index contributed by atoms with van der Waals surface area (Å²) in [5.74, 6) is 1.24. The van der Waals surface area contributed by atoms with E-state index in [4.69, 9.17) is 16.3 Å². The van der Waals surface area contributed by atoms with Gasteiger partial charge in [-0.1, -0.05) is 17.7 Å². The highest BCUT2D eigenvalue weighted by Gasteiger charge is 2.13. The number of carbonyl (C=O) groups is 1. The van der Waals surface area contributed by atoms with Crippen molar-refractivity contribution in [1.29, 1.82) is 0 Å². The van der Waals surface area contributed by atoms with Crippen molar-refractivity contribution in [3.63, 3.8) is 0 Å². The summed E-state index contributed by atoms with van der Waals surface area (Å²) >= 11 is 6.24. The van der Waals surface area contributed by atoms with Crippen molar-refractivity contribution >= 4 is 23.5 Å². The van der Waals surface area contributed by atoms with Crippen LogP contribution in [0.4, 0.5) is 0 Å². The van der Waals surface area contributed by atoms with E-state index in [2.05, 4.69) is 20.9 Å². The van der Waals surface area contributed by atoms with Crippen molar-refractivity contribution in [2.75, 3.05) is 26.7 Å². The van der Waals surface area contributed by atoms with E-state index in [1.165, 1.54) is 0 Å². The number of hydrogen-bond donors (Lipinski definition) is 3. The highest BCUT2D eigenvalue weighted by atomic mass is 35.5. The van der Waals surface area contributed by atoms with E-state index in [9.17, 15) is 4.79 Å². The van der Waals surface area contributed by atoms with Crippen LogP contribution in [0.15, 0.2) is 23.2 Å². The van der Waals surface area contributed by atoms with Crippen LogP contribution in [0.1, 0.15) is 33.3 Å². The number of hydrogen-bond acceptors (Lipinski definition) is 3. The van der Waals surface area contributed by atoms with E-state index in [-0.39, 0.29) is 18.0 Å². The third kappa shape index (κ3) is 8.63. The molecular formula is C18H29ClN4O2. The predicted molar refractivity (Wildman–Crippen MR) is 104 cm³/mol. The van der Waals surface area contributed by atoms with Gasteiger partial charge in [0.25, 0.3) is 0 Å². The molecule has 0 saturated carbocycles. The smallest absolute Gasteiger partial charge is 0.242 e. The first-order valence-electron chi connectivity index (χ1n) is 8.40. The maximum Gasteiger partial charge on any atom is 0.242 e. The molecule has 0 aliphatic rings. The predicted octanol–water partition coefficient (Wildman–Crippen LogP) is 2.36. The molecule has 1 rings (SSSR count). The number of halogens is 1. The largest absolute Gasteiger partial charge is 0.497 e. The average molecular weight is 369 g/mol. The minimum absolute atomic E-state index is 0.0793. The van der Waals surface area contributed by atoms with Crippen LogP contribution in [0, 0.1) is 0 Å². The zero-order chi connectivity index (χ0) is 18.9. The van der Waals surface area contributed by atoms with E-state index >= 15 is 0 Å². The Morgan fingerprint density at radius 3 is 2.56 bits per heavy atom. The lowest BCUT2D eigenvalue weighted by Gasteiger charge is -2.20. The maximum absolute atomic E-state index is 11.9. The van der Waals surface area contributed by atoms with E-state index in [1.54, 1.807) is 13.2 Å². The van der Waals surface area contributed by atoms with Crippen LogP contribution >= 0.6 is 11.6 Å². The molecule has 0 radical (unpaired) electrons. The minimum Gasteiger partial charge on any atom is -0.497 e. The highest BCUT2D eigenvalue weighted by molar-refractivity contribution is 6.31. The molecule has 1 amide bonds. The summed E-state index contributed by atoms with van der Waals surface area (Å²) in [5.41, 5.74) is 0.764. The standard InChI is InChI=1S/C18H29ClN4O2/c1-6-20-17(22-12-16(24)23-18(2,3)4)21-10-9-13-7-8-14(25-5)11-15(13)19/h7-8,11H,6,9-10,12H2,1-5H3,(H,23,24)(H2,20,21,22). The van der Waals surface area contributed by atoms with Crippen molar-refractivity contribution in [3.8, 4) is 5.75 Å². The first-order valence-corrected chi connectivity index (χ1v) is 8.78. The fourth-order valence-electron chi connectivity index (χ4n) is 2.12. The quantitative estimate of drug-likeness (QED) is 0.510. The number of methoxy groups -OCH3 is 1. The molecule has 0 aliphatic heterocycles. The first-order chi connectivity index (χ1) is 11.7. The van der Waals surface area contributed by atoms with Gasteiger partial charge in [-0.2, -0.15) is 0 Å². The van der Waals surface area contributed by atoms with Crippen molar-refractivity contribution < 1.29 is 9.53 Å². The highest BCUT2D eigenvalue weighted by Crippen LogP contribution is 2.22. The lowest BCUT2D eigenvalue weighted by Crippen LogP contribution is -2.43. The monoisotopic (exact) mass is 368 g/mol. The zero-order valence-corrected chi connectivity index (χ0v) is 16.5. The summed E-state index contributed by atoms with van der Waals surface area (Å²) < 4.78 is 5.15. The Labute approximate surface area is 155 Å². The topological polar surface area (TPSA) is 74.8 Å². The van der Waals surface area contributed by atoms with Gasteiger partial charge in [0, 0.05) is 23.7 Å². The van der Waals surface area contributed by atoms with Gasteiger partial charge in [-0.15, -0.1) is 0 Å². The fourth-order valence-corrected chi connectivity index (χ4v) is 2.39. The molecule has 1 aromatic carbocycles. The van der Waals surface area contributed by atoms with Gasteiger partial charge in [0.15, 0.2) is 5.96 Å². The normalized spacial score (nSPS) is 11.8. The molecule has 1 aromatic rings. The van der Waals surface area contributed by atoms with Gasteiger partial charge in [-0.3, -0.25) is 4.79 Å². The van der Waals surface area contributed by atoms with Crippen LogP contribution in [0.25, 0.3) is 0 Å². The molecule has 0 aromatic heterocycles. The van der Waals surface area contributed by atoms with Gasteiger partial charge in [-0.25, -0.2) is 4.99 Å². The molecule has 0 spiro atoms. The summed E-state index contributed by atoms with van der Waals surface area (Å²) in [6, 6.07) is 5.63. The van der Waals surface area contributed by atoms with E-state index in [0.717, 1.165) is 24.3 Å². The molecule has 0 fully saturated rings. The Morgan fingerprint density at radius 1 is 1.28 bits per heavy atom. The maximum atomic E-state index is 11.9. The number of guanidine groups is 1. The van der Waals surface area contributed by atoms with Crippen molar-refractivity contribution in [3.05, 3.63) is 28.8 Å². The second-order valence-corrected chi connectivity index (χ2v) is 7.03.